The van der Waals surface area contributed by atoms with E-state index in [9.17, 15) is 4.39 Å². The number of nitrogens with one attached hydrogen (secondary N) is 1. The predicted molar refractivity (Wildman–Crippen MR) is 95.2 cm³/mol. The summed E-state index contributed by atoms with van der Waals surface area (Å²) in [4.78, 5) is 0. The van der Waals surface area contributed by atoms with Crippen LogP contribution in [0.1, 0.15) is 25.0 Å². The minimum Gasteiger partial charge on any atom is -0.486 e. The monoisotopic (exact) mass is 327 g/mol. The number of benzene rings is 2. The number of nitrogens with zero attached hydrogens (tertiary/aromatic N) is 1. The Balaban J connectivity index is 1.73. The molecule has 1 heterocycles. The highest BCUT2D eigenvalue weighted by molar-refractivity contribution is 5.53. The van der Waals surface area contributed by atoms with E-state index < -0.39 is 5.82 Å². The minimum absolute atomic E-state index is 0.145. The van der Waals surface area contributed by atoms with Gasteiger partial charge in [-0.25, -0.2) is 9.82 Å². The lowest BCUT2D eigenvalue weighted by atomic mass is 10.1. The van der Waals surface area contributed by atoms with Gasteiger partial charge in [0, 0.05) is 23.5 Å². The Morgan fingerprint density at radius 3 is 2.67 bits per heavy atom. The van der Waals surface area contributed by atoms with Gasteiger partial charge in [0.25, 0.3) is 0 Å². The molecule has 2 aromatic rings. The number of halogens is 1. The van der Waals surface area contributed by atoms with Crippen molar-refractivity contribution in [3.63, 3.8) is 0 Å². The highest BCUT2D eigenvalue weighted by Gasteiger charge is 2.23. The topological polar surface area (TPSA) is 50.5 Å². The molecule has 5 heteroatoms. The van der Waals surface area contributed by atoms with Crippen LogP contribution in [0.25, 0.3) is 0 Å². The van der Waals surface area contributed by atoms with Gasteiger partial charge in [-0.15, -0.1) is 0 Å². The average Bonchev–Trinajstić information content (AvgIpc) is 2.88. The molecule has 0 bridgehead atoms. The lowest BCUT2D eigenvalue weighted by Crippen LogP contribution is -2.41. The highest BCUT2D eigenvalue weighted by Crippen LogP contribution is 2.28. The number of hydrazine groups is 1. The van der Waals surface area contributed by atoms with Gasteiger partial charge in [0.1, 0.15) is 6.61 Å². The minimum atomic E-state index is -0.403. The number of rotatable bonds is 4. The van der Waals surface area contributed by atoms with E-state index in [1.165, 1.54) is 6.07 Å². The zero-order chi connectivity index (χ0) is 17.3. The van der Waals surface area contributed by atoms with Crippen molar-refractivity contribution in [1.29, 1.82) is 0 Å². The summed E-state index contributed by atoms with van der Waals surface area (Å²) in [5.41, 5.74) is 12.4. The van der Waals surface area contributed by atoms with E-state index in [-0.39, 0.29) is 17.9 Å². The number of aryl methyl sites for hydroxylation is 1. The van der Waals surface area contributed by atoms with Crippen molar-refractivity contribution >= 4 is 11.4 Å². The van der Waals surface area contributed by atoms with E-state index in [0.717, 1.165) is 16.8 Å². The third-order valence-electron chi connectivity index (χ3n) is 4.06. The summed E-state index contributed by atoms with van der Waals surface area (Å²) in [5, 5.41) is 1.80. The summed E-state index contributed by atoms with van der Waals surface area (Å²) in [6.45, 7) is 6.29. The van der Waals surface area contributed by atoms with Crippen molar-refractivity contribution in [2.45, 2.75) is 32.9 Å². The Morgan fingerprint density at radius 2 is 2.04 bits per heavy atom. The standard InChI is InChI=1S/C19H22FN3O/c1-13-5-4-6-17(21)15(13)12-24-18-8-7-14(11-16(18)20)23-10-9-19(2,3)22-23/h4-11,22H,12,21H2,1-3H3. The fraction of sp³-hybridized carbons (Fsp3) is 0.263. The van der Waals surface area contributed by atoms with E-state index in [1.54, 1.807) is 11.1 Å². The van der Waals surface area contributed by atoms with Crippen molar-refractivity contribution in [2.24, 2.45) is 0 Å². The number of nitrogens with two attached hydrogens (primary N) is 1. The second-order valence-electron chi connectivity index (χ2n) is 6.57. The summed E-state index contributed by atoms with van der Waals surface area (Å²) < 4.78 is 20.0. The Hall–Kier alpha value is -2.53. The highest BCUT2D eigenvalue weighted by atomic mass is 19.1. The van der Waals surface area contributed by atoms with Crippen LogP contribution in [0.3, 0.4) is 0 Å². The van der Waals surface area contributed by atoms with Gasteiger partial charge in [0.15, 0.2) is 11.6 Å². The molecule has 0 fully saturated rings. The largest absolute Gasteiger partial charge is 0.486 e. The van der Waals surface area contributed by atoms with Crippen LogP contribution in [0, 0.1) is 12.7 Å². The van der Waals surface area contributed by atoms with E-state index in [0.29, 0.717) is 5.69 Å². The van der Waals surface area contributed by atoms with E-state index in [4.69, 9.17) is 10.5 Å². The van der Waals surface area contributed by atoms with E-state index in [2.05, 4.69) is 5.43 Å². The SMILES string of the molecule is Cc1cccc(N)c1COc1ccc(N2C=CC(C)(C)N2)cc1F. The number of hydrogen-bond donors (Lipinski definition) is 2. The van der Waals surface area contributed by atoms with Gasteiger partial charge in [-0.3, -0.25) is 5.01 Å². The normalized spacial score (nSPS) is 15.8. The molecule has 1 aliphatic rings. The summed E-state index contributed by atoms with van der Waals surface area (Å²) in [7, 11) is 0. The molecule has 0 spiro atoms. The molecule has 0 aromatic heterocycles. The van der Waals surface area contributed by atoms with Gasteiger partial charge in [-0.2, -0.15) is 0 Å². The fourth-order valence-corrected chi connectivity index (χ4v) is 2.63. The van der Waals surface area contributed by atoms with E-state index >= 15 is 0 Å². The maximum Gasteiger partial charge on any atom is 0.167 e. The quantitative estimate of drug-likeness (QED) is 0.836. The molecule has 0 aliphatic carbocycles. The first kappa shape index (κ1) is 16.3. The molecule has 4 nitrogen and oxygen atoms in total. The van der Waals surface area contributed by atoms with Crippen LogP contribution >= 0.6 is 0 Å². The Morgan fingerprint density at radius 1 is 1.25 bits per heavy atom. The number of ether oxygens (including phenoxy) is 1. The molecule has 2 aromatic carbocycles. The van der Waals surface area contributed by atoms with Crippen molar-refractivity contribution in [3.05, 3.63) is 65.6 Å². The summed E-state index contributed by atoms with van der Waals surface area (Å²) in [6.07, 6.45) is 3.92. The molecule has 126 valence electrons. The van der Waals surface area contributed by atoms with Crippen LogP contribution in [0.4, 0.5) is 15.8 Å². The third kappa shape index (κ3) is 3.36. The predicted octanol–water partition coefficient (Wildman–Crippen LogP) is 3.91. The van der Waals surface area contributed by atoms with Crippen LogP contribution in [-0.2, 0) is 6.61 Å². The Bertz CT molecular complexity index is 766. The van der Waals surface area contributed by atoms with Gasteiger partial charge in [0.2, 0.25) is 0 Å². The molecule has 0 saturated heterocycles. The summed E-state index contributed by atoms with van der Waals surface area (Å²) in [6, 6.07) is 10.6. The lowest BCUT2D eigenvalue weighted by Gasteiger charge is -2.24. The maximum atomic E-state index is 14.4. The van der Waals surface area contributed by atoms with Gasteiger partial charge in [0.05, 0.1) is 11.2 Å². The molecular weight excluding hydrogens is 305 g/mol. The first-order valence-corrected chi connectivity index (χ1v) is 7.88. The number of nitrogen functional groups attached to an aromatic ring is 1. The molecular formula is C19H22FN3O. The van der Waals surface area contributed by atoms with E-state index in [1.807, 2.05) is 57.3 Å². The fourth-order valence-electron chi connectivity index (χ4n) is 2.63. The van der Waals surface area contributed by atoms with Crippen molar-refractivity contribution in [3.8, 4) is 5.75 Å². The van der Waals surface area contributed by atoms with Gasteiger partial charge >= 0.3 is 0 Å². The Labute approximate surface area is 141 Å². The van der Waals surface area contributed by atoms with Crippen LogP contribution in [0.15, 0.2) is 48.7 Å². The van der Waals surface area contributed by atoms with Gasteiger partial charge in [-0.1, -0.05) is 12.1 Å². The first-order valence-electron chi connectivity index (χ1n) is 7.88. The Kier molecular flexibility index (Phi) is 4.20. The maximum absolute atomic E-state index is 14.4. The van der Waals surface area contributed by atoms with Crippen LogP contribution in [0.2, 0.25) is 0 Å². The second kappa shape index (κ2) is 6.17. The van der Waals surface area contributed by atoms with Crippen LogP contribution in [-0.4, -0.2) is 5.54 Å². The first-order chi connectivity index (χ1) is 11.4. The van der Waals surface area contributed by atoms with Crippen LogP contribution < -0.4 is 20.9 Å². The molecule has 0 amide bonds. The molecule has 0 unspecified atom stereocenters. The molecule has 0 atom stereocenters. The lowest BCUT2D eigenvalue weighted by molar-refractivity contribution is 0.290. The molecule has 24 heavy (non-hydrogen) atoms. The molecule has 3 N–H and O–H groups in total. The molecule has 3 rings (SSSR count). The second-order valence-corrected chi connectivity index (χ2v) is 6.57. The zero-order valence-electron chi connectivity index (χ0n) is 14.1. The number of anilines is 2. The van der Waals surface area contributed by atoms with Crippen molar-refractivity contribution < 1.29 is 9.13 Å². The van der Waals surface area contributed by atoms with Gasteiger partial charge < -0.3 is 10.5 Å². The summed E-state index contributed by atoms with van der Waals surface area (Å²) in [5.74, 6) is -0.191. The molecule has 1 aliphatic heterocycles. The number of hydrogen-bond acceptors (Lipinski definition) is 4. The average molecular weight is 327 g/mol. The third-order valence-corrected chi connectivity index (χ3v) is 4.06. The van der Waals surface area contributed by atoms with Crippen molar-refractivity contribution in [1.82, 2.24) is 5.43 Å². The smallest absolute Gasteiger partial charge is 0.167 e. The van der Waals surface area contributed by atoms with Crippen molar-refractivity contribution in [2.75, 3.05) is 10.7 Å². The van der Waals surface area contributed by atoms with Crippen LogP contribution in [0.5, 0.6) is 5.75 Å². The zero-order valence-corrected chi connectivity index (χ0v) is 14.1. The van der Waals surface area contributed by atoms with Gasteiger partial charge in [-0.05, 0) is 50.6 Å². The summed E-state index contributed by atoms with van der Waals surface area (Å²) >= 11 is 0. The molecule has 0 radical (unpaired) electrons. The molecule has 0 saturated carbocycles.